The largest absolute Gasteiger partial charge is 0.445 e. The van der Waals surface area contributed by atoms with Crippen LogP contribution in [-0.2, 0) is 18.0 Å². The molecule has 0 radical (unpaired) electrons. The molecule has 1 fully saturated rings. The Morgan fingerprint density at radius 3 is 2.78 bits per heavy atom. The predicted molar refractivity (Wildman–Crippen MR) is 77.1 cm³/mol. The maximum absolute atomic E-state index is 12.5. The van der Waals surface area contributed by atoms with Crippen molar-refractivity contribution in [1.82, 2.24) is 20.0 Å². The summed E-state index contributed by atoms with van der Waals surface area (Å²) in [5.41, 5.74) is 0. The van der Waals surface area contributed by atoms with E-state index < -0.39 is 17.2 Å². The number of alkyl halides is 3. The maximum Gasteiger partial charge on any atom is 0.445 e. The summed E-state index contributed by atoms with van der Waals surface area (Å²) in [6.07, 6.45) is -1.58. The number of carbonyl (C=O) groups excluding carboxylic acids is 1. The first-order chi connectivity index (χ1) is 10.8. The number of hydrogen-bond donors (Lipinski definition) is 1. The molecular weight excluding hydrogens is 333 g/mol. The van der Waals surface area contributed by atoms with Crippen LogP contribution in [0.25, 0.3) is 0 Å². The predicted octanol–water partition coefficient (Wildman–Crippen LogP) is 1.90. The third-order valence-corrected chi connectivity index (χ3v) is 4.28. The number of anilines is 2. The van der Waals surface area contributed by atoms with Crippen LogP contribution < -0.4 is 10.2 Å². The number of piperidine rings is 1. The van der Waals surface area contributed by atoms with E-state index in [0.717, 1.165) is 0 Å². The third kappa shape index (κ3) is 3.28. The van der Waals surface area contributed by atoms with Crippen LogP contribution in [0.15, 0.2) is 12.3 Å². The Kier molecular flexibility index (Phi) is 3.96. The van der Waals surface area contributed by atoms with Gasteiger partial charge in [0.1, 0.15) is 6.04 Å². The topological polar surface area (TPSA) is 75.9 Å². The van der Waals surface area contributed by atoms with Crippen LogP contribution in [0.3, 0.4) is 0 Å². The summed E-state index contributed by atoms with van der Waals surface area (Å²) in [5, 5.41) is 12.4. The number of aromatic nitrogens is 4. The molecule has 3 heterocycles. The fraction of sp³-hybridized carbons (Fsp3) is 0.500. The standard InChI is InChI=1S/C12H13F3N6OS/c1-20-6-4-8(19-20)21-5-2-3-7(9(21)22)16-11-18-17-10(23-11)12(13,14)15/h4,6-7H,2-3,5H2,1H3,(H,16,18). The monoisotopic (exact) mass is 346 g/mol. The Balaban J connectivity index is 1.73. The van der Waals surface area contributed by atoms with Crippen molar-refractivity contribution in [2.45, 2.75) is 25.1 Å². The van der Waals surface area contributed by atoms with E-state index in [-0.39, 0.29) is 11.0 Å². The smallest absolute Gasteiger partial charge is 0.348 e. The summed E-state index contributed by atoms with van der Waals surface area (Å²) in [6.45, 7) is 0.526. The van der Waals surface area contributed by atoms with Gasteiger partial charge in [0.15, 0.2) is 5.82 Å². The molecule has 2 aromatic rings. The van der Waals surface area contributed by atoms with Gasteiger partial charge in [-0.3, -0.25) is 14.4 Å². The molecule has 0 saturated carbocycles. The minimum absolute atomic E-state index is 0.0152. The number of nitrogens with zero attached hydrogens (tertiary/aromatic N) is 5. The van der Waals surface area contributed by atoms with Crippen LogP contribution in [-0.4, -0.2) is 38.5 Å². The Hall–Kier alpha value is -2.17. The average Bonchev–Trinajstić information content (AvgIpc) is 3.10. The van der Waals surface area contributed by atoms with Crippen molar-refractivity contribution in [3.05, 3.63) is 17.3 Å². The molecule has 7 nitrogen and oxygen atoms in total. The van der Waals surface area contributed by atoms with Gasteiger partial charge in [-0.15, -0.1) is 10.2 Å². The normalized spacial score (nSPS) is 19.2. The van der Waals surface area contributed by atoms with Gasteiger partial charge >= 0.3 is 6.18 Å². The number of rotatable bonds is 3. The van der Waals surface area contributed by atoms with Gasteiger partial charge in [-0.2, -0.15) is 18.3 Å². The highest BCUT2D eigenvalue weighted by Gasteiger charge is 2.37. The van der Waals surface area contributed by atoms with Gasteiger partial charge in [0.2, 0.25) is 10.1 Å². The fourth-order valence-electron chi connectivity index (χ4n) is 2.33. The van der Waals surface area contributed by atoms with Gasteiger partial charge in [-0.25, -0.2) is 0 Å². The van der Waals surface area contributed by atoms with Crippen LogP contribution in [0, 0.1) is 0 Å². The molecule has 1 aliphatic rings. The summed E-state index contributed by atoms with van der Waals surface area (Å²) >= 11 is 0.388. The second-order valence-electron chi connectivity index (χ2n) is 5.09. The maximum atomic E-state index is 12.5. The molecule has 11 heteroatoms. The number of amides is 1. The molecule has 2 aromatic heterocycles. The quantitative estimate of drug-likeness (QED) is 0.919. The second kappa shape index (κ2) is 5.80. The fourth-order valence-corrected chi connectivity index (χ4v) is 2.99. The summed E-state index contributed by atoms with van der Waals surface area (Å²) in [4.78, 5) is 14.0. The van der Waals surface area contributed by atoms with Crippen molar-refractivity contribution in [2.75, 3.05) is 16.8 Å². The molecule has 0 aromatic carbocycles. The van der Waals surface area contributed by atoms with Crippen molar-refractivity contribution < 1.29 is 18.0 Å². The van der Waals surface area contributed by atoms with E-state index in [1.165, 1.54) is 4.90 Å². The molecular formula is C12H13F3N6OS. The van der Waals surface area contributed by atoms with E-state index in [1.807, 2.05) is 0 Å². The van der Waals surface area contributed by atoms with Crippen molar-refractivity contribution in [2.24, 2.45) is 7.05 Å². The van der Waals surface area contributed by atoms with E-state index in [0.29, 0.717) is 36.5 Å². The van der Waals surface area contributed by atoms with E-state index in [4.69, 9.17) is 0 Å². The molecule has 0 spiro atoms. The van der Waals surface area contributed by atoms with E-state index in [2.05, 4.69) is 20.6 Å². The van der Waals surface area contributed by atoms with Crippen LogP contribution in [0.2, 0.25) is 0 Å². The molecule has 1 amide bonds. The SMILES string of the molecule is Cn1ccc(N2CCCC(Nc3nnc(C(F)(F)F)s3)C2=O)n1. The van der Waals surface area contributed by atoms with Gasteiger partial charge in [0.25, 0.3) is 5.91 Å². The molecule has 0 bridgehead atoms. The van der Waals surface area contributed by atoms with Crippen molar-refractivity contribution in [3.63, 3.8) is 0 Å². The molecule has 1 unspecified atom stereocenters. The molecule has 1 aliphatic heterocycles. The van der Waals surface area contributed by atoms with Crippen molar-refractivity contribution in [1.29, 1.82) is 0 Å². The third-order valence-electron chi connectivity index (χ3n) is 3.38. The van der Waals surface area contributed by atoms with Gasteiger partial charge < -0.3 is 5.32 Å². The molecule has 1 atom stereocenters. The number of aryl methyl sites for hydroxylation is 1. The first kappa shape index (κ1) is 15.7. The van der Waals surface area contributed by atoms with Crippen LogP contribution in [0.4, 0.5) is 24.1 Å². The summed E-state index contributed by atoms with van der Waals surface area (Å²) < 4.78 is 39.2. The van der Waals surface area contributed by atoms with Gasteiger partial charge in [-0.1, -0.05) is 11.3 Å². The Morgan fingerprint density at radius 2 is 2.17 bits per heavy atom. The van der Waals surface area contributed by atoms with Crippen LogP contribution in [0.5, 0.6) is 0 Å². The second-order valence-corrected chi connectivity index (χ2v) is 6.06. The lowest BCUT2D eigenvalue weighted by Crippen LogP contribution is -2.48. The van der Waals surface area contributed by atoms with Gasteiger partial charge in [-0.05, 0) is 12.8 Å². The lowest BCUT2D eigenvalue weighted by Gasteiger charge is -2.30. The number of hydrogen-bond acceptors (Lipinski definition) is 6. The molecule has 124 valence electrons. The first-order valence-corrected chi connectivity index (χ1v) is 7.64. The molecule has 3 rings (SSSR count). The summed E-state index contributed by atoms with van der Waals surface area (Å²) in [7, 11) is 1.74. The van der Waals surface area contributed by atoms with E-state index in [9.17, 15) is 18.0 Å². The van der Waals surface area contributed by atoms with Crippen LogP contribution in [0.1, 0.15) is 17.8 Å². The molecule has 0 aliphatic carbocycles. The Morgan fingerprint density at radius 1 is 1.39 bits per heavy atom. The lowest BCUT2D eigenvalue weighted by molar-refractivity contribution is -0.138. The minimum Gasteiger partial charge on any atom is -0.348 e. The molecule has 1 N–H and O–H groups in total. The highest BCUT2D eigenvalue weighted by atomic mass is 32.1. The zero-order valence-electron chi connectivity index (χ0n) is 12.0. The highest BCUT2D eigenvalue weighted by molar-refractivity contribution is 7.15. The van der Waals surface area contributed by atoms with E-state index >= 15 is 0 Å². The molecule has 23 heavy (non-hydrogen) atoms. The van der Waals surface area contributed by atoms with Crippen molar-refractivity contribution in [3.8, 4) is 0 Å². The lowest BCUT2D eigenvalue weighted by atomic mass is 10.1. The van der Waals surface area contributed by atoms with Gasteiger partial charge in [0.05, 0.1) is 0 Å². The summed E-state index contributed by atoms with van der Waals surface area (Å²) in [6, 6.07) is 1.08. The number of nitrogens with one attached hydrogen (secondary N) is 1. The zero-order chi connectivity index (χ0) is 16.6. The zero-order valence-corrected chi connectivity index (χ0v) is 12.9. The number of halogens is 3. The summed E-state index contributed by atoms with van der Waals surface area (Å²) in [5.74, 6) is 0.288. The van der Waals surface area contributed by atoms with Crippen LogP contribution >= 0.6 is 11.3 Å². The van der Waals surface area contributed by atoms with E-state index in [1.54, 1.807) is 24.0 Å². The highest BCUT2D eigenvalue weighted by Crippen LogP contribution is 2.33. The minimum atomic E-state index is -4.53. The first-order valence-electron chi connectivity index (χ1n) is 6.83. The number of carbonyl (C=O) groups is 1. The Bertz CT molecular complexity index is 712. The molecule has 1 saturated heterocycles. The van der Waals surface area contributed by atoms with Crippen molar-refractivity contribution >= 4 is 28.2 Å². The Labute approximate surface area is 133 Å². The van der Waals surface area contributed by atoms with Gasteiger partial charge in [0, 0.05) is 25.9 Å². The average molecular weight is 346 g/mol.